The summed E-state index contributed by atoms with van der Waals surface area (Å²) < 4.78 is 4.89. The molecule has 0 aromatic heterocycles. The van der Waals surface area contributed by atoms with Gasteiger partial charge in [0.25, 0.3) is 0 Å². The average molecular weight is 570 g/mol. The van der Waals surface area contributed by atoms with Gasteiger partial charge in [-0.05, 0) is 48.5 Å². The van der Waals surface area contributed by atoms with Crippen molar-refractivity contribution in [1.82, 2.24) is 0 Å². The molecule has 23 heavy (non-hydrogen) atoms. The Bertz CT molecular complexity index is 633. The van der Waals surface area contributed by atoms with Crippen molar-refractivity contribution in [2.45, 2.75) is 7.47 Å². The van der Waals surface area contributed by atoms with Gasteiger partial charge < -0.3 is 4.74 Å². The Kier molecular flexibility index (Phi) is 7.00. The Balaban J connectivity index is 2.08. The zero-order valence-electron chi connectivity index (χ0n) is 11.5. The van der Waals surface area contributed by atoms with E-state index in [-0.39, 0.29) is 11.6 Å². The summed E-state index contributed by atoms with van der Waals surface area (Å²) in [6.07, 6.45) is 0. The molecule has 0 saturated heterocycles. The molecular formula is C16H10Br4O3. The zero-order valence-corrected chi connectivity index (χ0v) is 17.9. The Labute approximate surface area is 167 Å². The van der Waals surface area contributed by atoms with Crippen LogP contribution in [-0.2, 0) is 0 Å². The van der Waals surface area contributed by atoms with Gasteiger partial charge >= 0.3 is 0 Å². The molecule has 2 aromatic carbocycles. The summed E-state index contributed by atoms with van der Waals surface area (Å²) in [4.78, 5) is 23.6. The summed E-state index contributed by atoms with van der Waals surface area (Å²) in [7, 11) is 0. The second-order valence-electron chi connectivity index (χ2n) is 4.48. The molecule has 0 fully saturated rings. The van der Waals surface area contributed by atoms with Crippen LogP contribution >= 0.6 is 63.7 Å². The van der Waals surface area contributed by atoms with Gasteiger partial charge in [-0.3, -0.25) is 9.59 Å². The van der Waals surface area contributed by atoms with E-state index in [4.69, 9.17) is 4.74 Å². The lowest BCUT2D eigenvalue weighted by molar-refractivity contribution is 0.100. The molecule has 120 valence electrons. The number of carbonyl (C=O) groups excluding carboxylic acids is 2. The van der Waals surface area contributed by atoms with Gasteiger partial charge in [-0.25, -0.2) is 0 Å². The maximum atomic E-state index is 11.8. The Morgan fingerprint density at radius 1 is 0.652 bits per heavy atom. The lowest BCUT2D eigenvalue weighted by Crippen LogP contribution is -2.06. The summed E-state index contributed by atoms with van der Waals surface area (Å²) in [5.41, 5.74) is 1.16. The molecule has 0 radical (unpaired) electrons. The third-order valence-corrected chi connectivity index (χ3v) is 4.57. The van der Waals surface area contributed by atoms with Gasteiger partial charge in [0.1, 0.15) is 19.0 Å². The number of alkyl halides is 4. The summed E-state index contributed by atoms with van der Waals surface area (Å²) in [5.74, 6) is 1.11. The van der Waals surface area contributed by atoms with Crippen molar-refractivity contribution >= 4 is 75.3 Å². The van der Waals surface area contributed by atoms with E-state index in [9.17, 15) is 9.59 Å². The van der Waals surface area contributed by atoms with Gasteiger partial charge in [0.15, 0.2) is 11.6 Å². The molecule has 0 aliphatic carbocycles. The standard InChI is InChI=1S/C16H10Br4O3/c17-15(18)13(21)9-1-5-11(6-2-9)23-12-7-3-10(4-8-12)14(22)16(19)20/h1-8,15-16H. The largest absolute Gasteiger partial charge is 0.457 e. The van der Waals surface area contributed by atoms with Gasteiger partial charge in [0.05, 0.1) is 0 Å². The van der Waals surface area contributed by atoms with E-state index in [0.717, 1.165) is 0 Å². The minimum atomic E-state index is -0.403. The highest BCUT2D eigenvalue weighted by atomic mass is 79.9. The Morgan fingerprint density at radius 2 is 0.957 bits per heavy atom. The normalized spacial score (nSPS) is 10.9. The molecule has 0 unspecified atom stereocenters. The molecular weight excluding hydrogens is 560 g/mol. The molecule has 0 N–H and O–H groups in total. The van der Waals surface area contributed by atoms with Crippen LogP contribution in [0.2, 0.25) is 0 Å². The molecule has 0 saturated carbocycles. The third kappa shape index (κ3) is 5.24. The summed E-state index contributed by atoms with van der Waals surface area (Å²) in [5, 5.41) is 0. The summed E-state index contributed by atoms with van der Waals surface area (Å²) in [6.45, 7) is 0. The Hall–Kier alpha value is -0.500. The van der Waals surface area contributed by atoms with Gasteiger partial charge in [0.2, 0.25) is 0 Å². The highest BCUT2D eigenvalue weighted by Crippen LogP contribution is 2.25. The van der Waals surface area contributed by atoms with Gasteiger partial charge in [-0.15, -0.1) is 0 Å². The molecule has 2 rings (SSSR count). The van der Waals surface area contributed by atoms with Crippen LogP contribution in [-0.4, -0.2) is 19.0 Å². The molecule has 0 amide bonds. The molecule has 0 aliphatic rings. The topological polar surface area (TPSA) is 43.4 Å². The molecule has 2 aromatic rings. The van der Waals surface area contributed by atoms with Gasteiger partial charge in [-0.2, -0.15) is 0 Å². The Morgan fingerprint density at radius 3 is 1.22 bits per heavy atom. The fraction of sp³-hybridized carbons (Fsp3) is 0.125. The monoisotopic (exact) mass is 566 g/mol. The lowest BCUT2D eigenvalue weighted by atomic mass is 10.1. The van der Waals surface area contributed by atoms with Crippen molar-refractivity contribution < 1.29 is 14.3 Å². The second kappa shape index (κ2) is 8.55. The van der Waals surface area contributed by atoms with Crippen LogP contribution in [0.25, 0.3) is 0 Å². The zero-order chi connectivity index (χ0) is 17.0. The van der Waals surface area contributed by atoms with Crippen molar-refractivity contribution in [2.24, 2.45) is 0 Å². The maximum absolute atomic E-state index is 11.8. The SMILES string of the molecule is O=C(c1ccc(Oc2ccc(C(=O)C(Br)Br)cc2)cc1)C(Br)Br. The number of hydrogen-bond acceptors (Lipinski definition) is 3. The molecule has 0 spiro atoms. The number of ketones is 2. The van der Waals surface area contributed by atoms with Crippen molar-refractivity contribution in [1.29, 1.82) is 0 Å². The number of halogens is 4. The summed E-state index contributed by atoms with van der Waals surface area (Å²) >= 11 is 12.7. The van der Waals surface area contributed by atoms with Crippen LogP contribution in [0.1, 0.15) is 20.7 Å². The quantitative estimate of drug-likeness (QED) is 0.313. The smallest absolute Gasteiger partial charge is 0.187 e. The van der Waals surface area contributed by atoms with Gasteiger partial charge in [0, 0.05) is 11.1 Å². The number of carbonyl (C=O) groups is 2. The minimum absolute atomic E-state index is 0.0569. The summed E-state index contributed by atoms with van der Waals surface area (Å²) in [6, 6.07) is 13.7. The molecule has 0 atom stereocenters. The van der Waals surface area contributed by atoms with Crippen LogP contribution < -0.4 is 4.74 Å². The van der Waals surface area contributed by atoms with Crippen LogP contribution in [0.4, 0.5) is 0 Å². The fourth-order valence-electron chi connectivity index (χ4n) is 1.76. The van der Waals surface area contributed by atoms with E-state index in [1.807, 2.05) is 0 Å². The van der Waals surface area contributed by atoms with Crippen LogP contribution in [0.5, 0.6) is 11.5 Å². The van der Waals surface area contributed by atoms with E-state index >= 15 is 0 Å². The number of benzene rings is 2. The van der Waals surface area contributed by atoms with Crippen molar-refractivity contribution in [3.63, 3.8) is 0 Å². The molecule has 3 nitrogen and oxygen atoms in total. The molecule has 0 bridgehead atoms. The molecule has 7 heteroatoms. The number of Topliss-reactive ketones (excluding diaryl/α,β-unsaturated/α-hetero) is 2. The first-order valence-corrected chi connectivity index (χ1v) is 10.1. The first kappa shape index (κ1) is 18.8. The lowest BCUT2D eigenvalue weighted by Gasteiger charge is -2.08. The molecule has 0 heterocycles. The number of rotatable bonds is 6. The van der Waals surface area contributed by atoms with E-state index < -0.39 is 7.47 Å². The predicted octanol–water partition coefficient (Wildman–Crippen LogP) is 6.08. The number of hydrogen-bond donors (Lipinski definition) is 0. The van der Waals surface area contributed by atoms with E-state index in [2.05, 4.69) is 63.7 Å². The van der Waals surface area contributed by atoms with Crippen molar-refractivity contribution in [2.75, 3.05) is 0 Å². The van der Waals surface area contributed by atoms with Crippen LogP contribution in [0.15, 0.2) is 48.5 Å². The first-order chi connectivity index (χ1) is 10.9. The number of ether oxygens (including phenoxy) is 1. The van der Waals surface area contributed by atoms with E-state index in [1.54, 1.807) is 48.5 Å². The fourth-order valence-corrected chi connectivity index (χ4v) is 2.82. The maximum Gasteiger partial charge on any atom is 0.187 e. The van der Waals surface area contributed by atoms with Crippen LogP contribution in [0, 0.1) is 0 Å². The molecule has 0 aliphatic heterocycles. The average Bonchev–Trinajstić information content (AvgIpc) is 2.54. The third-order valence-electron chi connectivity index (χ3n) is 2.91. The van der Waals surface area contributed by atoms with Crippen LogP contribution in [0.3, 0.4) is 0 Å². The highest BCUT2D eigenvalue weighted by molar-refractivity contribution is 9.25. The predicted molar refractivity (Wildman–Crippen MR) is 105 cm³/mol. The minimum Gasteiger partial charge on any atom is -0.457 e. The van der Waals surface area contributed by atoms with E-state index in [1.165, 1.54) is 0 Å². The first-order valence-electron chi connectivity index (χ1n) is 6.41. The van der Waals surface area contributed by atoms with E-state index in [0.29, 0.717) is 22.6 Å². The second-order valence-corrected chi connectivity index (χ2v) is 10.6. The van der Waals surface area contributed by atoms with Crippen molar-refractivity contribution in [3.8, 4) is 11.5 Å². The van der Waals surface area contributed by atoms with Crippen molar-refractivity contribution in [3.05, 3.63) is 59.7 Å². The van der Waals surface area contributed by atoms with Gasteiger partial charge in [-0.1, -0.05) is 63.7 Å². The highest BCUT2D eigenvalue weighted by Gasteiger charge is 2.14.